The quantitative estimate of drug-likeness (QED) is 0.738. The van der Waals surface area contributed by atoms with Gasteiger partial charge in [0.1, 0.15) is 0 Å². The molecule has 0 radical (unpaired) electrons. The van der Waals surface area contributed by atoms with Gasteiger partial charge in [0.05, 0.1) is 0 Å². The highest BCUT2D eigenvalue weighted by Gasteiger charge is 1.95. The zero-order valence-corrected chi connectivity index (χ0v) is 9.89. The Balaban J connectivity index is 2.39. The van der Waals surface area contributed by atoms with Crippen LogP contribution in [-0.2, 0) is 12.8 Å². The number of thiol groups is 1. The summed E-state index contributed by atoms with van der Waals surface area (Å²) < 4.78 is 0. The average molecular weight is 223 g/mol. The van der Waals surface area contributed by atoms with Crippen molar-refractivity contribution in [3.05, 3.63) is 35.4 Å². The van der Waals surface area contributed by atoms with E-state index < -0.39 is 0 Å². The third-order valence-corrected chi connectivity index (χ3v) is 2.41. The second-order valence-corrected chi connectivity index (χ2v) is 3.95. The highest BCUT2D eigenvalue weighted by molar-refractivity contribution is 7.96. The van der Waals surface area contributed by atoms with Crippen LogP contribution >= 0.6 is 12.6 Å². The van der Waals surface area contributed by atoms with Crippen molar-refractivity contribution < 1.29 is 4.79 Å². The van der Waals surface area contributed by atoms with Crippen LogP contribution in [0.5, 0.6) is 0 Å². The molecule has 1 amide bonds. The van der Waals surface area contributed by atoms with E-state index in [1.54, 1.807) is 0 Å². The summed E-state index contributed by atoms with van der Waals surface area (Å²) in [6, 6.07) is 8.55. The molecule has 0 bridgehead atoms. The van der Waals surface area contributed by atoms with Gasteiger partial charge in [0.15, 0.2) is 0 Å². The third-order valence-electron chi connectivity index (χ3n) is 2.25. The number of aryl methyl sites for hydroxylation is 1. The fraction of sp³-hybridized carbons (Fsp3) is 0.417. The molecule has 1 N–H and O–H groups in total. The van der Waals surface area contributed by atoms with Crippen LogP contribution in [0.25, 0.3) is 0 Å². The van der Waals surface area contributed by atoms with Crippen LogP contribution in [0, 0.1) is 0 Å². The fourth-order valence-electron chi connectivity index (χ4n) is 1.48. The first-order valence-electron chi connectivity index (χ1n) is 5.27. The van der Waals surface area contributed by atoms with Gasteiger partial charge in [-0.15, -0.1) is 0 Å². The van der Waals surface area contributed by atoms with Crippen molar-refractivity contribution in [1.29, 1.82) is 0 Å². The van der Waals surface area contributed by atoms with E-state index in [9.17, 15) is 4.79 Å². The van der Waals surface area contributed by atoms with Crippen LogP contribution in [-0.4, -0.2) is 11.8 Å². The van der Waals surface area contributed by atoms with Gasteiger partial charge in [-0.1, -0.05) is 50.2 Å². The van der Waals surface area contributed by atoms with Crippen molar-refractivity contribution in [2.24, 2.45) is 0 Å². The van der Waals surface area contributed by atoms with E-state index >= 15 is 0 Å². The van der Waals surface area contributed by atoms with Crippen molar-refractivity contribution in [2.45, 2.75) is 26.2 Å². The van der Waals surface area contributed by atoms with Gasteiger partial charge in [-0.2, -0.15) is 0 Å². The highest BCUT2D eigenvalue weighted by atomic mass is 32.1. The Bertz CT molecular complexity index is 308. The van der Waals surface area contributed by atoms with Crippen LogP contribution in [0.1, 0.15) is 24.5 Å². The lowest BCUT2D eigenvalue weighted by atomic mass is 10.1. The highest BCUT2D eigenvalue weighted by Crippen LogP contribution is 2.06. The maximum atomic E-state index is 10.5. The topological polar surface area (TPSA) is 29.1 Å². The second kappa shape index (κ2) is 6.51. The summed E-state index contributed by atoms with van der Waals surface area (Å²) in [5.74, 6) is 0. The molecule has 15 heavy (non-hydrogen) atoms. The van der Waals surface area contributed by atoms with E-state index in [1.165, 1.54) is 17.5 Å². The van der Waals surface area contributed by atoms with E-state index in [2.05, 4.69) is 49.1 Å². The van der Waals surface area contributed by atoms with E-state index in [-0.39, 0.29) is 5.24 Å². The van der Waals surface area contributed by atoms with Crippen molar-refractivity contribution >= 4 is 17.9 Å². The fourth-order valence-corrected chi connectivity index (χ4v) is 1.59. The molecule has 0 saturated carbocycles. The molecular weight excluding hydrogens is 206 g/mol. The zero-order valence-electron chi connectivity index (χ0n) is 8.99. The smallest absolute Gasteiger partial charge is 0.275 e. The lowest BCUT2D eigenvalue weighted by molar-refractivity contribution is 0.261. The SMILES string of the molecule is CCCc1ccc(CCNC(=O)S)cc1. The van der Waals surface area contributed by atoms with Gasteiger partial charge in [-0.3, -0.25) is 4.79 Å². The number of hydrogen-bond donors (Lipinski definition) is 2. The number of hydrogen-bond acceptors (Lipinski definition) is 1. The van der Waals surface area contributed by atoms with Crippen LogP contribution in [0.3, 0.4) is 0 Å². The van der Waals surface area contributed by atoms with Gasteiger partial charge < -0.3 is 5.32 Å². The van der Waals surface area contributed by atoms with Crippen molar-refractivity contribution in [3.8, 4) is 0 Å². The molecule has 0 unspecified atom stereocenters. The van der Waals surface area contributed by atoms with Crippen molar-refractivity contribution in [1.82, 2.24) is 5.32 Å². The van der Waals surface area contributed by atoms with Crippen molar-refractivity contribution in [2.75, 3.05) is 6.54 Å². The molecule has 82 valence electrons. The number of benzene rings is 1. The third kappa shape index (κ3) is 4.88. The Morgan fingerprint density at radius 2 is 1.73 bits per heavy atom. The Labute approximate surface area is 96.5 Å². The number of carbonyl (C=O) groups is 1. The maximum absolute atomic E-state index is 10.5. The van der Waals surface area contributed by atoms with Gasteiger partial charge in [0.25, 0.3) is 5.24 Å². The predicted molar refractivity (Wildman–Crippen MR) is 66.5 cm³/mol. The lowest BCUT2D eigenvalue weighted by Crippen LogP contribution is -2.19. The minimum atomic E-state index is -0.266. The summed E-state index contributed by atoms with van der Waals surface area (Å²) in [5.41, 5.74) is 2.62. The Hall–Kier alpha value is -0.960. The molecule has 0 heterocycles. The van der Waals surface area contributed by atoms with Crippen LogP contribution in [0.4, 0.5) is 4.79 Å². The molecule has 0 atom stereocenters. The molecule has 1 aromatic carbocycles. The van der Waals surface area contributed by atoms with Gasteiger partial charge in [0, 0.05) is 6.54 Å². The molecule has 2 nitrogen and oxygen atoms in total. The lowest BCUT2D eigenvalue weighted by Gasteiger charge is -2.03. The molecule has 1 aromatic rings. The largest absolute Gasteiger partial charge is 0.347 e. The number of amides is 1. The van der Waals surface area contributed by atoms with E-state index in [0.29, 0.717) is 6.54 Å². The standard InChI is InChI=1S/C12H17NOS/c1-2-3-10-4-6-11(7-5-10)8-9-13-12(14)15/h4-7H,2-3,8-9H2,1H3,(H2,13,14,15). The molecule has 0 aliphatic carbocycles. The molecule has 1 rings (SSSR count). The predicted octanol–water partition coefficient (Wildman–Crippen LogP) is 2.82. The summed E-state index contributed by atoms with van der Waals surface area (Å²) in [6.45, 7) is 2.82. The number of nitrogens with one attached hydrogen (secondary N) is 1. The molecule has 3 heteroatoms. The maximum Gasteiger partial charge on any atom is 0.275 e. The van der Waals surface area contributed by atoms with E-state index in [0.717, 1.165) is 12.8 Å². The molecule has 0 aliphatic rings. The molecule has 0 aliphatic heterocycles. The Kier molecular flexibility index (Phi) is 5.26. The molecular formula is C12H17NOS. The zero-order chi connectivity index (χ0) is 11.1. The summed E-state index contributed by atoms with van der Waals surface area (Å²) in [7, 11) is 0. The summed E-state index contributed by atoms with van der Waals surface area (Å²) in [5, 5.41) is 2.39. The molecule has 0 aromatic heterocycles. The van der Waals surface area contributed by atoms with Crippen LogP contribution in [0.2, 0.25) is 0 Å². The Morgan fingerprint density at radius 1 is 1.20 bits per heavy atom. The first-order chi connectivity index (χ1) is 7.22. The van der Waals surface area contributed by atoms with E-state index in [4.69, 9.17) is 0 Å². The van der Waals surface area contributed by atoms with Gasteiger partial charge in [-0.05, 0) is 24.0 Å². The molecule has 0 spiro atoms. The monoisotopic (exact) mass is 223 g/mol. The molecule has 0 fully saturated rings. The first kappa shape index (κ1) is 12.1. The summed E-state index contributed by atoms with van der Waals surface area (Å²) in [4.78, 5) is 10.5. The van der Waals surface area contributed by atoms with E-state index in [1.807, 2.05) is 0 Å². The van der Waals surface area contributed by atoms with Gasteiger partial charge in [0.2, 0.25) is 0 Å². The first-order valence-corrected chi connectivity index (χ1v) is 5.71. The normalized spacial score (nSPS) is 10.0. The van der Waals surface area contributed by atoms with Gasteiger partial charge in [-0.25, -0.2) is 0 Å². The number of carbonyl (C=O) groups excluding carboxylic acids is 1. The number of rotatable bonds is 5. The minimum Gasteiger partial charge on any atom is -0.347 e. The molecule has 0 saturated heterocycles. The minimum absolute atomic E-state index is 0.266. The van der Waals surface area contributed by atoms with Gasteiger partial charge >= 0.3 is 0 Å². The Morgan fingerprint density at radius 3 is 2.20 bits per heavy atom. The van der Waals surface area contributed by atoms with Crippen molar-refractivity contribution in [3.63, 3.8) is 0 Å². The van der Waals surface area contributed by atoms with Crippen LogP contribution < -0.4 is 5.32 Å². The van der Waals surface area contributed by atoms with Crippen LogP contribution in [0.15, 0.2) is 24.3 Å². The average Bonchev–Trinajstić information content (AvgIpc) is 2.20. The summed E-state index contributed by atoms with van der Waals surface area (Å²) >= 11 is 3.64. The second-order valence-electron chi connectivity index (χ2n) is 3.55. The summed E-state index contributed by atoms with van der Waals surface area (Å²) in [6.07, 6.45) is 3.17.